The summed E-state index contributed by atoms with van der Waals surface area (Å²) in [7, 11) is 0. The molecule has 1 saturated heterocycles. The third-order valence-electron chi connectivity index (χ3n) is 4.88. The summed E-state index contributed by atoms with van der Waals surface area (Å²) in [5.41, 5.74) is 0.828. The Morgan fingerprint density at radius 1 is 1.25 bits per heavy atom. The lowest BCUT2D eigenvalue weighted by molar-refractivity contribution is 0.00700. The van der Waals surface area contributed by atoms with Crippen molar-refractivity contribution in [2.24, 2.45) is 4.99 Å². The highest BCUT2D eigenvalue weighted by molar-refractivity contribution is 14.0. The number of hydrogen-bond acceptors (Lipinski definition) is 4. The van der Waals surface area contributed by atoms with Crippen molar-refractivity contribution in [2.45, 2.75) is 58.8 Å². The van der Waals surface area contributed by atoms with Crippen molar-refractivity contribution in [2.75, 3.05) is 19.6 Å². The zero-order valence-electron chi connectivity index (χ0n) is 19.4. The maximum Gasteiger partial charge on any atom is 0.410 e. The molecule has 1 aromatic heterocycles. The van der Waals surface area contributed by atoms with Crippen molar-refractivity contribution in [3.8, 4) is 0 Å². The summed E-state index contributed by atoms with van der Waals surface area (Å²) in [6.07, 6.45) is 4.50. The Morgan fingerprint density at radius 2 is 1.97 bits per heavy atom. The van der Waals surface area contributed by atoms with Gasteiger partial charge in [-0.3, -0.25) is 0 Å². The van der Waals surface area contributed by atoms with Crippen molar-refractivity contribution in [1.29, 1.82) is 0 Å². The van der Waals surface area contributed by atoms with Crippen LogP contribution in [0.4, 0.5) is 4.79 Å². The van der Waals surface area contributed by atoms with Gasteiger partial charge in [0.15, 0.2) is 5.96 Å². The predicted molar refractivity (Wildman–Crippen MR) is 137 cm³/mol. The predicted octanol–water partition coefficient (Wildman–Crippen LogP) is 3.42. The number of imidazole rings is 1. The van der Waals surface area contributed by atoms with Crippen LogP contribution in [0.5, 0.6) is 0 Å². The smallest absolute Gasteiger partial charge is 0.410 e. The summed E-state index contributed by atoms with van der Waals surface area (Å²) in [6, 6.07) is 10.6. The third-order valence-corrected chi connectivity index (χ3v) is 4.88. The van der Waals surface area contributed by atoms with Crippen LogP contribution in [0.25, 0.3) is 0 Å². The van der Waals surface area contributed by atoms with E-state index in [0.29, 0.717) is 19.6 Å². The molecular weight excluding hydrogens is 519 g/mol. The number of nitrogens with one attached hydrogen (secondary N) is 2. The highest BCUT2D eigenvalue weighted by atomic mass is 127. The molecule has 3 rings (SSSR count). The normalized spacial score (nSPS) is 14.4. The molecule has 0 saturated carbocycles. The first kappa shape index (κ1) is 26.0. The molecular formula is C23H35IN6O2. The van der Waals surface area contributed by atoms with Gasteiger partial charge < -0.3 is 24.8 Å². The summed E-state index contributed by atoms with van der Waals surface area (Å²) >= 11 is 0. The average molecular weight is 554 g/mol. The number of carbonyl (C=O) groups excluding carboxylic acids is 1. The minimum absolute atomic E-state index is 0. The first-order chi connectivity index (χ1) is 14.8. The first-order valence-electron chi connectivity index (χ1n) is 10.9. The quantitative estimate of drug-likeness (QED) is 0.312. The lowest BCUT2D eigenvalue weighted by Gasteiger charge is -2.40. The average Bonchev–Trinajstić information content (AvgIpc) is 3.13. The molecule has 176 valence electrons. The molecule has 0 spiro atoms. The van der Waals surface area contributed by atoms with Crippen LogP contribution < -0.4 is 10.6 Å². The van der Waals surface area contributed by atoms with Gasteiger partial charge in [-0.15, -0.1) is 24.0 Å². The summed E-state index contributed by atoms with van der Waals surface area (Å²) in [4.78, 5) is 23.0. The molecule has 2 N–H and O–H groups in total. The van der Waals surface area contributed by atoms with Gasteiger partial charge in [0.25, 0.3) is 0 Å². The molecule has 0 atom stereocenters. The molecule has 1 amide bonds. The number of nitrogens with zero attached hydrogens (tertiary/aromatic N) is 4. The van der Waals surface area contributed by atoms with Crippen LogP contribution in [0.3, 0.4) is 0 Å². The molecule has 1 aromatic carbocycles. The van der Waals surface area contributed by atoms with Crippen molar-refractivity contribution < 1.29 is 9.53 Å². The minimum atomic E-state index is -0.478. The number of halogens is 1. The fourth-order valence-corrected chi connectivity index (χ4v) is 3.30. The second kappa shape index (κ2) is 12.1. The Bertz CT molecular complexity index is 872. The molecule has 1 aliphatic rings. The molecule has 1 fully saturated rings. The Balaban J connectivity index is 0.00000363. The van der Waals surface area contributed by atoms with E-state index in [2.05, 4.69) is 44.5 Å². The molecule has 32 heavy (non-hydrogen) atoms. The number of hydrogen-bond donors (Lipinski definition) is 2. The van der Waals surface area contributed by atoms with Crippen molar-refractivity contribution in [3.63, 3.8) is 0 Å². The van der Waals surface area contributed by atoms with Gasteiger partial charge in [-0.1, -0.05) is 30.3 Å². The molecule has 0 radical (unpaired) electrons. The second-order valence-corrected chi connectivity index (χ2v) is 8.69. The van der Waals surface area contributed by atoms with Gasteiger partial charge in [0.05, 0.1) is 6.04 Å². The zero-order valence-corrected chi connectivity index (χ0v) is 21.7. The number of aromatic nitrogens is 2. The number of carbonyl (C=O) groups is 1. The van der Waals surface area contributed by atoms with Gasteiger partial charge in [-0.25, -0.2) is 14.8 Å². The molecule has 0 bridgehead atoms. The maximum absolute atomic E-state index is 12.1. The van der Waals surface area contributed by atoms with Gasteiger partial charge in [-0.05, 0) is 39.7 Å². The van der Waals surface area contributed by atoms with Gasteiger partial charge >= 0.3 is 6.09 Å². The number of guanidine groups is 1. The Morgan fingerprint density at radius 3 is 2.62 bits per heavy atom. The van der Waals surface area contributed by atoms with Crippen molar-refractivity contribution in [3.05, 3.63) is 54.1 Å². The van der Waals surface area contributed by atoms with E-state index in [1.165, 1.54) is 5.56 Å². The number of aryl methyl sites for hydroxylation is 2. The molecule has 9 heteroatoms. The monoisotopic (exact) mass is 554 g/mol. The summed E-state index contributed by atoms with van der Waals surface area (Å²) < 4.78 is 7.56. The topological polar surface area (TPSA) is 83.8 Å². The number of likely N-dealkylation sites (tertiary alicyclic amines) is 1. The van der Waals surface area contributed by atoms with Crippen molar-refractivity contribution in [1.82, 2.24) is 25.1 Å². The fourth-order valence-electron chi connectivity index (χ4n) is 3.30. The van der Waals surface area contributed by atoms with Gasteiger partial charge in [0.1, 0.15) is 18.0 Å². The number of amides is 1. The highest BCUT2D eigenvalue weighted by Crippen LogP contribution is 2.15. The van der Waals surface area contributed by atoms with E-state index in [1.54, 1.807) is 4.90 Å². The highest BCUT2D eigenvalue weighted by Gasteiger charge is 2.34. The fraction of sp³-hybridized carbons (Fsp3) is 0.522. The van der Waals surface area contributed by atoms with Crippen LogP contribution in [0.2, 0.25) is 0 Å². The SMILES string of the molecule is CCNC(=NCc1nccn1CCc1ccccc1)NC1CN(C(=O)OC(C)(C)C)C1.I. The maximum atomic E-state index is 12.1. The van der Waals surface area contributed by atoms with Crippen LogP contribution >= 0.6 is 24.0 Å². The van der Waals surface area contributed by atoms with Crippen LogP contribution in [0.15, 0.2) is 47.7 Å². The van der Waals surface area contributed by atoms with E-state index >= 15 is 0 Å². The molecule has 2 aromatic rings. The van der Waals surface area contributed by atoms with Gasteiger partial charge in [0.2, 0.25) is 0 Å². The summed E-state index contributed by atoms with van der Waals surface area (Å²) in [6.45, 7) is 11.0. The molecule has 0 aliphatic carbocycles. The summed E-state index contributed by atoms with van der Waals surface area (Å²) in [5.74, 6) is 1.66. The lowest BCUT2D eigenvalue weighted by Crippen LogP contribution is -2.63. The summed E-state index contributed by atoms with van der Waals surface area (Å²) in [5, 5.41) is 6.67. The Hall–Kier alpha value is -2.30. The van der Waals surface area contributed by atoms with Crippen LogP contribution in [0, 0.1) is 0 Å². The number of aliphatic imine (C=N–C) groups is 1. The number of benzene rings is 1. The van der Waals surface area contributed by atoms with E-state index in [-0.39, 0.29) is 36.1 Å². The molecule has 2 heterocycles. The molecule has 8 nitrogen and oxygen atoms in total. The third kappa shape index (κ3) is 7.99. The standard InChI is InChI=1S/C23H34N6O2.HI/c1-5-24-21(27-19-16-29(17-19)22(30)31-23(2,3)4)26-15-20-25-12-14-28(20)13-11-18-9-7-6-8-10-18;/h6-10,12,14,19H,5,11,13,15-17H2,1-4H3,(H2,24,26,27);1H. The molecule has 1 aliphatic heterocycles. The van der Waals surface area contributed by atoms with E-state index in [9.17, 15) is 4.79 Å². The number of ether oxygens (including phenoxy) is 1. The minimum Gasteiger partial charge on any atom is -0.444 e. The van der Waals surface area contributed by atoms with E-state index < -0.39 is 5.60 Å². The zero-order chi connectivity index (χ0) is 22.3. The first-order valence-corrected chi connectivity index (χ1v) is 10.9. The van der Waals surface area contributed by atoms with Crippen LogP contribution in [-0.2, 0) is 24.2 Å². The van der Waals surface area contributed by atoms with Crippen molar-refractivity contribution >= 4 is 36.0 Å². The van der Waals surface area contributed by atoms with E-state index in [0.717, 1.165) is 31.3 Å². The Labute approximate surface area is 207 Å². The molecule has 0 unspecified atom stereocenters. The largest absolute Gasteiger partial charge is 0.444 e. The van der Waals surface area contributed by atoms with Gasteiger partial charge in [-0.2, -0.15) is 0 Å². The number of rotatable bonds is 7. The van der Waals surface area contributed by atoms with E-state index in [1.807, 2.05) is 46.2 Å². The van der Waals surface area contributed by atoms with Crippen LogP contribution in [0.1, 0.15) is 39.1 Å². The lowest BCUT2D eigenvalue weighted by atomic mass is 10.1. The second-order valence-electron chi connectivity index (χ2n) is 8.69. The van der Waals surface area contributed by atoms with Crippen LogP contribution in [-0.4, -0.2) is 57.8 Å². The van der Waals surface area contributed by atoms with Gasteiger partial charge in [0, 0.05) is 38.6 Å². The van der Waals surface area contributed by atoms with E-state index in [4.69, 9.17) is 9.73 Å². The Kier molecular flexibility index (Phi) is 9.80.